The molecule has 1 aliphatic heterocycles. The molecule has 88 valence electrons. The van der Waals surface area contributed by atoms with Gasteiger partial charge in [-0.15, -0.1) is 0 Å². The standard InChI is InChI=1S/C11H16ClN3O/c1-2-16-8-9-4-3-7-15(9)11-10(12)13-5-6-14-11/h5-6,9H,2-4,7-8H2,1H3. The fourth-order valence-electron chi connectivity index (χ4n) is 2.05. The van der Waals surface area contributed by atoms with E-state index >= 15 is 0 Å². The number of anilines is 1. The van der Waals surface area contributed by atoms with E-state index in [2.05, 4.69) is 14.9 Å². The minimum absolute atomic E-state index is 0.383. The smallest absolute Gasteiger partial charge is 0.171 e. The fraction of sp³-hybridized carbons (Fsp3) is 0.636. The average Bonchev–Trinajstić information content (AvgIpc) is 2.75. The molecule has 1 aromatic heterocycles. The highest BCUT2D eigenvalue weighted by molar-refractivity contribution is 6.31. The topological polar surface area (TPSA) is 38.2 Å². The molecule has 0 radical (unpaired) electrons. The monoisotopic (exact) mass is 241 g/mol. The van der Waals surface area contributed by atoms with Crippen molar-refractivity contribution in [3.63, 3.8) is 0 Å². The van der Waals surface area contributed by atoms with Gasteiger partial charge in [-0.05, 0) is 19.8 Å². The van der Waals surface area contributed by atoms with Crippen molar-refractivity contribution in [3.8, 4) is 0 Å². The number of hydrogen-bond acceptors (Lipinski definition) is 4. The van der Waals surface area contributed by atoms with Gasteiger partial charge in [0.1, 0.15) is 0 Å². The molecule has 1 saturated heterocycles. The van der Waals surface area contributed by atoms with Crippen LogP contribution in [0.4, 0.5) is 5.82 Å². The molecule has 2 heterocycles. The van der Waals surface area contributed by atoms with Crippen molar-refractivity contribution in [2.24, 2.45) is 0 Å². The molecule has 1 aliphatic rings. The fourth-order valence-corrected chi connectivity index (χ4v) is 2.26. The van der Waals surface area contributed by atoms with E-state index < -0.39 is 0 Å². The summed E-state index contributed by atoms with van der Waals surface area (Å²) < 4.78 is 5.48. The quantitative estimate of drug-likeness (QED) is 0.810. The number of rotatable bonds is 4. The summed E-state index contributed by atoms with van der Waals surface area (Å²) in [6, 6.07) is 0.383. The number of aromatic nitrogens is 2. The third-order valence-electron chi connectivity index (χ3n) is 2.80. The van der Waals surface area contributed by atoms with Crippen LogP contribution in [-0.4, -0.2) is 35.8 Å². The largest absolute Gasteiger partial charge is 0.380 e. The Morgan fingerprint density at radius 2 is 2.31 bits per heavy atom. The number of hydrogen-bond donors (Lipinski definition) is 0. The van der Waals surface area contributed by atoms with Gasteiger partial charge >= 0.3 is 0 Å². The van der Waals surface area contributed by atoms with E-state index in [4.69, 9.17) is 16.3 Å². The van der Waals surface area contributed by atoms with Crippen LogP contribution in [0.3, 0.4) is 0 Å². The Kier molecular flexibility index (Phi) is 3.96. The van der Waals surface area contributed by atoms with Crippen LogP contribution in [0, 0.1) is 0 Å². The first-order valence-corrected chi connectivity index (χ1v) is 6.01. The molecule has 0 spiro atoms. The Morgan fingerprint density at radius 1 is 1.50 bits per heavy atom. The minimum atomic E-state index is 0.383. The molecule has 0 N–H and O–H groups in total. The van der Waals surface area contributed by atoms with Crippen LogP contribution in [0.2, 0.25) is 5.15 Å². The maximum atomic E-state index is 6.05. The summed E-state index contributed by atoms with van der Waals surface area (Å²) in [5.74, 6) is 0.784. The van der Waals surface area contributed by atoms with Crippen LogP contribution in [-0.2, 0) is 4.74 Å². The van der Waals surface area contributed by atoms with Gasteiger partial charge in [0.05, 0.1) is 12.6 Å². The van der Waals surface area contributed by atoms with Gasteiger partial charge in [-0.1, -0.05) is 11.6 Å². The average molecular weight is 242 g/mol. The Bertz CT molecular complexity index is 348. The molecule has 16 heavy (non-hydrogen) atoms. The predicted octanol–water partition coefficient (Wildman–Crippen LogP) is 2.14. The molecule has 0 amide bonds. The second-order valence-electron chi connectivity index (χ2n) is 3.82. The first-order valence-electron chi connectivity index (χ1n) is 5.63. The Hall–Kier alpha value is -0.870. The van der Waals surface area contributed by atoms with Gasteiger partial charge < -0.3 is 9.64 Å². The van der Waals surface area contributed by atoms with Gasteiger partial charge in [-0.25, -0.2) is 9.97 Å². The third kappa shape index (κ3) is 2.44. The molecule has 2 rings (SSSR count). The highest BCUT2D eigenvalue weighted by Crippen LogP contribution is 2.28. The summed E-state index contributed by atoms with van der Waals surface area (Å²) in [6.45, 7) is 4.48. The van der Waals surface area contributed by atoms with Crippen molar-refractivity contribution < 1.29 is 4.74 Å². The van der Waals surface area contributed by atoms with E-state index in [1.54, 1.807) is 12.4 Å². The number of ether oxygens (including phenoxy) is 1. The first kappa shape index (κ1) is 11.6. The van der Waals surface area contributed by atoms with Gasteiger partial charge in [0.15, 0.2) is 11.0 Å². The lowest BCUT2D eigenvalue weighted by molar-refractivity contribution is 0.133. The molecule has 0 aromatic carbocycles. The zero-order valence-electron chi connectivity index (χ0n) is 9.40. The normalized spacial score (nSPS) is 20.4. The Balaban J connectivity index is 2.10. The van der Waals surface area contributed by atoms with Crippen LogP contribution in [0.25, 0.3) is 0 Å². The number of nitrogens with zero attached hydrogens (tertiary/aromatic N) is 3. The van der Waals surface area contributed by atoms with Crippen molar-refractivity contribution in [1.82, 2.24) is 9.97 Å². The lowest BCUT2D eigenvalue weighted by atomic mass is 10.2. The van der Waals surface area contributed by atoms with E-state index in [0.717, 1.165) is 38.4 Å². The molecule has 4 nitrogen and oxygen atoms in total. The Morgan fingerprint density at radius 3 is 3.06 bits per heavy atom. The second-order valence-corrected chi connectivity index (χ2v) is 4.18. The third-order valence-corrected chi connectivity index (χ3v) is 3.07. The highest BCUT2D eigenvalue weighted by atomic mass is 35.5. The molecule has 5 heteroatoms. The summed E-state index contributed by atoms with van der Waals surface area (Å²) >= 11 is 6.05. The molecule has 1 fully saturated rings. The van der Waals surface area contributed by atoms with Crippen molar-refractivity contribution in [2.75, 3.05) is 24.7 Å². The molecule has 1 atom stereocenters. The molecule has 1 unspecified atom stereocenters. The van der Waals surface area contributed by atoms with Crippen molar-refractivity contribution in [3.05, 3.63) is 17.5 Å². The van der Waals surface area contributed by atoms with Crippen LogP contribution < -0.4 is 4.90 Å². The lowest BCUT2D eigenvalue weighted by Gasteiger charge is -2.25. The van der Waals surface area contributed by atoms with Gasteiger partial charge in [-0.2, -0.15) is 0 Å². The van der Waals surface area contributed by atoms with E-state index in [1.807, 2.05) is 6.92 Å². The summed E-state index contributed by atoms with van der Waals surface area (Å²) in [4.78, 5) is 10.6. The van der Waals surface area contributed by atoms with Crippen molar-refractivity contribution in [1.29, 1.82) is 0 Å². The van der Waals surface area contributed by atoms with E-state index in [9.17, 15) is 0 Å². The van der Waals surface area contributed by atoms with Crippen LogP contribution in [0.1, 0.15) is 19.8 Å². The van der Waals surface area contributed by atoms with Crippen LogP contribution in [0.15, 0.2) is 12.4 Å². The van der Waals surface area contributed by atoms with Gasteiger partial charge in [0, 0.05) is 25.5 Å². The van der Waals surface area contributed by atoms with Crippen LogP contribution in [0.5, 0.6) is 0 Å². The molecular weight excluding hydrogens is 226 g/mol. The summed E-state index contributed by atoms with van der Waals surface area (Å²) in [6.07, 6.45) is 5.58. The summed E-state index contributed by atoms with van der Waals surface area (Å²) in [5, 5.41) is 0.478. The SMILES string of the molecule is CCOCC1CCCN1c1nccnc1Cl. The summed E-state index contributed by atoms with van der Waals surface area (Å²) in [5.41, 5.74) is 0. The lowest BCUT2D eigenvalue weighted by Crippen LogP contribution is -2.34. The molecule has 0 aliphatic carbocycles. The maximum absolute atomic E-state index is 6.05. The zero-order valence-corrected chi connectivity index (χ0v) is 10.2. The highest BCUT2D eigenvalue weighted by Gasteiger charge is 2.27. The first-order chi connectivity index (χ1) is 7.83. The van der Waals surface area contributed by atoms with Crippen LogP contribution >= 0.6 is 11.6 Å². The van der Waals surface area contributed by atoms with E-state index in [1.165, 1.54) is 0 Å². The zero-order chi connectivity index (χ0) is 11.4. The van der Waals surface area contributed by atoms with E-state index in [0.29, 0.717) is 11.2 Å². The predicted molar refractivity (Wildman–Crippen MR) is 63.9 cm³/mol. The number of halogens is 1. The van der Waals surface area contributed by atoms with Gasteiger partial charge in [0.2, 0.25) is 0 Å². The second kappa shape index (κ2) is 5.46. The van der Waals surface area contributed by atoms with Gasteiger partial charge in [-0.3, -0.25) is 0 Å². The minimum Gasteiger partial charge on any atom is -0.380 e. The van der Waals surface area contributed by atoms with Crippen molar-refractivity contribution >= 4 is 17.4 Å². The molecular formula is C11H16ClN3O. The molecule has 0 saturated carbocycles. The summed E-state index contributed by atoms with van der Waals surface area (Å²) in [7, 11) is 0. The Labute approximate surface area is 101 Å². The maximum Gasteiger partial charge on any atom is 0.171 e. The van der Waals surface area contributed by atoms with Crippen molar-refractivity contribution in [2.45, 2.75) is 25.8 Å². The van der Waals surface area contributed by atoms with E-state index in [-0.39, 0.29) is 0 Å². The molecule has 0 bridgehead atoms. The molecule has 1 aromatic rings. The van der Waals surface area contributed by atoms with Gasteiger partial charge in [0.25, 0.3) is 0 Å².